The van der Waals surface area contributed by atoms with E-state index >= 15 is 0 Å². The largest absolute Gasteiger partial charge is 0.472 e. The molecule has 4 atom stereocenters. The lowest BCUT2D eigenvalue weighted by atomic mass is 10.0. The van der Waals surface area contributed by atoms with Gasteiger partial charge in [0, 0.05) is 12.8 Å². The smallest absolute Gasteiger partial charge is 0.462 e. The van der Waals surface area contributed by atoms with Crippen LogP contribution in [0.1, 0.15) is 162 Å². The molecule has 0 bridgehead atoms. The van der Waals surface area contributed by atoms with E-state index in [0.717, 1.165) is 63.7 Å². The minimum atomic E-state index is -4.63. The molecule has 0 aliphatic heterocycles. The van der Waals surface area contributed by atoms with Gasteiger partial charge in [-0.15, -0.1) is 0 Å². The molecule has 0 aromatic rings. The zero-order valence-electron chi connectivity index (χ0n) is 34.4. The number of rotatable bonds is 38. The number of phosphoric ester groups is 1. The van der Waals surface area contributed by atoms with Gasteiger partial charge < -0.3 is 29.7 Å². The Morgan fingerprint density at radius 1 is 0.600 bits per heavy atom. The number of carbonyl (C=O) groups is 2. The number of hydrogen-bond donors (Lipinski definition) is 4. The molecule has 1 unspecified atom stereocenters. The second kappa shape index (κ2) is 37.5. The Morgan fingerprint density at radius 3 is 1.64 bits per heavy atom. The predicted molar refractivity (Wildman–Crippen MR) is 220 cm³/mol. The Kier molecular flexibility index (Phi) is 36.0. The van der Waals surface area contributed by atoms with Gasteiger partial charge >= 0.3 is 19.8 Å². The van der Waals surface area contributed by atoms with Crippen molar-refractivity contribution < 1.29 is 52.9 Å². The molecule has 0 aromatic carbocycles. The molecule has 0 rings (SSSR count). The summed E-state index contributed by atoms with van der Waals surface area (Å²) in [7, 11) is -4.63. The second-order valence-corrected chi connectivity index (χ2v) is 16.1. The number of aliphatic hydroxyl groups excluding tert-OH is 3. The third-order valence-electron chi connectivity index (χ3n) is 8.83. The van der Waals surface area contributed by atoms with E-state index in [1.165, 1.54) is 51.4 Å². The van der Waals surface area contributed by atoms with Gasteiger partial charge in [0.1, 0.15) is 12.7 Å². The van der Waals surface area contributed by atoms with Crippen molar-refractivity contribution in [1.29, 1.82) is 0 Å². The van der Waals surface area contributed by atoms with Gasteiger partial charge in [-0.1, -0.05) is 140 Å². The molecule has 0 fully saturated rings. The molecule has 55 heavy (non-hydrogen) atoms. The van der Waals surface area contributed by atoms with Crippen LogP contribution in [0.15, 0.2) is 48.6 Å². The summed E-state index contributed by atoms with van der Waals surface area (Å²) in [6.45, 7) is 4.33. The normalized spacial score (nSPS) is 15.1. The number of hydrogen-bond acceptors (Lipinski definition) is 10. The molecule has 12 heteroatoms. The van der Waals surface area contributed by atoms with Crippen molar-refractivity contribution >= 4 is 19.8 Å². The van der Waals surface area contributed by atoms with Crippen LogP contribution in [0.5, 0.6) is 0 Å². The summed E-state index contributed by atoms with van der Waals surface area (Å²) < 4.78 is 32.6. The summed E-state index contributed by atoms with van der Waals surface area (Å²) >= 11 is 0. The van der Waals surface area contributed by atoms with Crippen molar-refractivity contribution in [3.8, 4) is 0 Å². The molecule has 0 saturated heterocycles. The first-order chi connectivity index (χ1) is 26.5. The topological polar surface area (TPSA) is 169 Å². The van der Waals surface area contributed by atoms with Crippen LogP contribution in [0, 0.1) is 5.92 Å². The standard InChI is InChI=1S/C43H77O11P/c1-4-39(45)31-27-23-19-15-11-7-5-6-8-12-16-20-24-28-32-42(47)51-36-41(37-53-55(49,50)52-35-40(46)34-44)54-43(48)33-29-25-21-17-13-9-10-14-18-22-26-30-38(2)3/h6-8,11,16,19-20,23,38-41,44-46H,4-5,9-10,12-15,17-18,21-22,24-37H2,1-3H3,(H,49,50)/b8-6-,11-7-,20-16-,23-19-/t39-,40-,41+/m0/s1. The van der Waals surface area contributed by atoms with Gasteiger partial charge in [0.15, 0.2) is 6.10 Å². The van der Waals surface area contributed by atoms with Crippen LogP contribution in [0.25, 0.3) is 0 Å². The average Bonchev–Trinajstić information content (AvgIpc) is 3.16. The molecule has 0 aliphatic rings. The van der Waals surface area contributed by atoms with Gasteiger partial charge in [-0.25, -0.2) is 4.57 Å². The SMILES string of the molecule is CC[C@H](O)CC/C=C\C/C=C\C/C=C\C/C=C\CCCC(=O)OC[C@H](COP(=O)(O)OC[C@@H](O)CO)OC(=O)CCCCCCCCCCCCCC(C)C. The van der Waals surface area contributed by atoms with Gasteiger partial charge in [-0.3, -0.25) is 18.6 Å². The van der Waals surface area contributed by atoms with Crippen LogP contribution < -0.4 is 0 Å². The van der Waals surface area contributed by atoms with Gasteiger partial charge in [0.2, 0.25) is 0 Å². The van der Waals surface area contributed by atoms with Crippen LogP contribution in [0.3, 0.4) is 0 Å². The van der Waals surface area contributed by atoms with E-state index in [0.29, 0.717) is 19.3 Å². The Balaban J connectivity index is 4.42. The molecule has 0 aromatic heterocycles. The Labute approximate surface area is 333 Å². The van der Waals surface area contributed by atoms with Crippen LogP contribution in [-0.2, 0) is 32.7 Å². The Hall–Kier alpha value is -2.11. The fraction of sp³-hybridized carbons (Fsp3) is 0.767. The first-order valence-corrected chi connectivity index (χ1v) is 22.5. The Morgan fingerprint density at radius 2 is 1.09 bits per heavy atom. The first-order valence-electron chi connectivity index (χ1n) is 21.0. The zero-order valence-corrected chi connectivity index (χ0v) is 35.3. The first kappa shape index (κ1) is 52.9. The van der Waals surface area contributed by atoms with Crippen LogP contribution in [-0.4, -0.2) is 76.9 Å². The van der Waals surface area contributed by atoms with Crippen LogP contribution >= 0.6 is 7.82 Å². The highest BCUT2D eigenvalue weighted by molar-refractivity contribution is 7.47. The van der Waals surface area contributed by atoms with Crippen molar-refractivity contribution in [2.45, 2.75) is 180 Å². The fourth-order valence-electron chi connectivity index (χ4n) is 5.39. The summed E-state index contributed by atoms with van der Waals surface area (Å²) in [4.78, 5) is 34.9. The third-order valence-corrected chi connectivity index (χ3v) is 9.78. The monoisotopic (exact) mass is 801 g/mol. The lowest BCUT2D eigenvalue weighted by Crippen LogP contribution is -2.29. The molecule has 0 heterocycles. The van der Waals surface area contributed by atoms with Gasteiger partial charge in [0.25, 0.3) is 0 Å². The van der Waals surface area contributed by atoms with E-state index in [4.69, 9.17) is 19.1 Å². The summed E-state index contributed by atoms with van der Waals surface area (Å²) in [6.07, 6.45) is 34.6. The van der Waals surface area contributed by atoms with E-state index in [1.807, 2.05) is 19.1 Å². The summed E-state index contributed by atoms with van der Waals surface area (Å²) in [6, 6.07) is 0. The van der Waals surface area contributed by atoms with Crippen LogP contribution in [0.2, 0.25) is 0 Å². The molecule has 320 valence electrons. The van der Waals surface area contributed by atoms with Crippen molar-refractivity contribution in [3.63, 3.8) is 0 Å². The molecule has 0 saturated carbocycles. The molecule has 4 N–H and O–H groups in total. The van der Waals surface area contributed by atoms with E-state index < -0.39 is 51.8 Å². The number of unbranched alkanes of at least 4 members (excludes halogenated alkanes) is 11. The van der Waals surface area contributed by atoms with E-state index in [2.05, 4.69) is 54.8 Å². The molecule has 0 aliphatic carbocycles. The van der Waals surface area contributed by atoms with E-state index in [9.17, 15) is 29.3 Å². The number of phosphoric acid groups is 1. The number of aliphatic hydroxyl groups is 3. The number of ether oxygens (including phenoxy) is 2. The van der Waals surface area contributed by atoms with E-state index in [1.54, 1.807) is 0 Å². The zero-order chi connectivity index (χ0) is 40.8. The maximum absolute atomic E-state index is 12.6. The van der Waals surface area contributed by atoms with E-state index in [-0.39, 0.29) is 25.6 Å². The van der Waals surface area contributed by atoms with Crippen molar-refractivity contribution in [3.05, 3.63) is 48.6 Å². The van der Waals surface area contributed by atoms with Crippen LogP contribution in [0.4, 0.5) is 0 Å². The highest BCUT2D eigenvalue weighted by Crippen LogP contribution is 2.43. The van der Waals surface area contributed by atoms with Crippen molar-refractivity contribution in [2.75, 3.05) is 26.4 Å². The molecule has 11 nitrogen and oxygen atoms in total. The Bertz CT molecular complexity index is 1090. The summed E-state index contributed by atoms with van der Waals surface area (Å²) in [5.74, 6) is -0.220. The lowest BCUT2D eigenvalue weighted by molar-refractivity contribution is -0.161. The molecule has 0 radical (unpaired) electrons. The van der Waals surface area contributed by atoms with Crippen molar-refractivity contribution in [2.24, 2.45) is 5.92 Å². The summed E-state index contributed by atoms with van der Waals surface area (Å²) in [5.41, 5.74) is 0. The minimum Gasteiger partial charge on any atom is -0.462 e. The highest BCUT2D eigenvalue weighted by atomic mass is 31.2. The number of esters is 2. The highest BCUT2D eigenvalue weighted by Gasteiger charge is 2.27. The third kappa shape index (κ3) is 38.5. The molecule has 0 spiro atoms. The molecular weight excluding hydrogens is 723 g/mol. The number of carbonyl (C=O) groups excluding carboxylic acids is 2. The van der Waals surface area contributed by atoms with Gasteiger partial charge in [-0.2, -0.15) is 0 Å². The second-order valence-electron chi connectivity index (χ2n) is 14.6. The van der Waals surface area contributed by atoms with Crippen molar-refractivity contribution in [1.82, 2.24) is 0 Å². The lowest BCUT2D eigenvalue weighted by Gasteiger charge is -2.20. The predicted octanol–water partition coefficient (Wildman–Crippen LogP) is 9.77. The molecular formula is C43H77O11P. The van der Waals surface area contributed by atoms with Gasteiger partial charge in [0.05, 0.1) is 25.9 Å². The minimum absolute atomic E-state index is 0.152. The maximum atomic E-state index is 12.6. The quantitative estimate of drug-likeness (QED) is 0.0203. The average molecular weight is 801 g/mol. The number of allylic oxidation sites excluding steroid dienone is 8. The maximum Gasteiger partial charge on any atom is 0.472 e. The fourth-order valence-corrected chi connectivity index (χ4v) is 6.17. The molecule has 0 amide bonds. The summed E-state index contributed by atoms with van der Waals surface area (Å²) in [5, 5.41) is 27.9. The van der Waals surface area contributed by atoms with Gasteiger partial charge in [-0.05, 0) is 63.7 Å².